The zero-order valence-electron chi connectivity index (χ0n) is 11.7. The van der Waals surface area contributed by atoms with E-state index in [-0.39, 0.29) is 5.60 Å². The zero-order chi connectivity index (χ0) is 13.3. The van der Waals surface area contributed by atoms with Gasteiger partial charge in [0, 0.05) is 11.1 Å². The molecule has 0 spiro atoms. The Morgan fingerprint density at radius 1 is 1.44 bits per heavy atom. The molecule has 1 atom stereocenters. The van der Waals surface area contributed by atoms with Crippen molar-refractivity contribution in [1.82, 2.24) is 0 Å². The molecule has 0 amide bonds. The molecule has 2 nitrogen and oxygen atoms in total. The lowest BCUT2D eigenvalue weighted by Gasteiger charge is -2.36. The SMILES string of the molecule is CCC=Cc1cc2c(cc1O)C(C)CC(C)(C)O2. The van der Waals surface area contributed by atoms with Gasteiger partial charge >= 0.3 is 0 Å². The molecule has 0 radical (unpaired) electrons. The van der Waals surface area contributed by atoms with Crippen molar-refractivity contribution < 1.29 is 9.84 Å². The Balaban J connectivity index is 2.44. The number of aromatic hydroxyl groups is 1. The van der Waals surface area contributed by atoms with E-state index in [4.69, 9.17) is 4.74 Å². The van der Waals surface area contributed by atoms with Crippen LogP contribution in [0.4, 0.5) is 0 Å². The summed E-state index contributed by atoms with van der Waals surface area (Å²) in [6, 6.07) is 3.80. The fourth-order valence-electron chi connectivity index (χ4n) is 2.64. The number of rotatable bonds is 2. The summed E-state index contributed by atoms with van der Waals surface area (Å²) in [6.45, 7) is 8.49. The van der Waals surface area contributed by atoms with Gasteiger partial charge in [-0.25, -0.2) is 0 Å². The van der Waals surface area contributed by atoms with Crippen LogP contribution in [0.2, 0.25) is 0 Å². The summed E-state index contributed by atoms with van der Waals surface area (Å²) in [6.07, 6.45) is 5.92. The number of hydrogen-bond donors (Lipinski definition) is 1. The fourth-order valence-corrected chi connectivity index (χ4v) is 2.64. The molecule has 0 bridgehead atoms. The van der Waals surface area contributed by atoms with E-state index in [0.717, 1.165) is 29.7 Å². The van der Waals surface area contributed by atoms with Gasteiger partial charge in [0.2, 0.25) is 0 Å². The molecule has 2 rings (SSSR count). The molecule has 0 fully saturated rings. The molecular weight excluding hydrogens is 224 g/mol. The van der Waals surface area contributed by atoms with Gasteiger partial charge in [0.25, 0.3) is 0 Å². The highest BCUT2D eigenvalue weighted by atomic mass is 16.5. The van der Waals surface area contributed by atoms with Crippen LogP contribution in [0, 0.1) is 0 Å². The summed E-state index contributed by atoms with van der Waals surface area (Å²) in [7, 11) is 0. The molecule has 0 saturated carbocycles. The van der Waals surface area contributed by atoms with Gasteiger partial charge in [0.1, 0.15) is 17.1 Å². The van der Waals surface area contributed by atoms with E-state index in [1.165, 1.54) is 0 Å². The Bertz CT molecular complexity index is 472. The van der Waals surface area contributed by atoms with Gasteiger partial charge in [-0.15, -0.1) is 0 Å². The number of phenols is 1. The Hall–Kier alpha value is -1.44. The highest BCUT2D eigenvalue weighted by Gasteiger charge is 2.31. The van der Waals surface area contributed by atoms with E-state index >= 15 is 0 Å². The Kier molecular flexibility index (Phi) is 3.38. The van der Waals surface area contributed by atoms with Crippen LogP contribution in [0.25, 0.3) is 6.08 Å². The first kappa shape index (κ1) is 13.0. The molecule has 0 saturated heterocycles. The molecule has 1 aliphatic rings. The van der Waals surface area contributed by atoms with Gasteiger partial charge in [0.05, 0.1) is 0 Å². The van der Waals surface area contributed by atoms with Crippen LogP contribution < -0.4 is 4.74 Å². The molecule has 0 aromatic heterocycles. The topological polar surface area (TPSA) is 29.5 Å². The van der Waals surface area contributed by atoms with Gasteiger partial charge in [-0.2, -0.15) is 0 Å². The van der Waals surface area contributed by atoms with Crippen LogP contribution in [0.15, 0.2) is 18.2 Å². The van der Waals surface area contributed by atoms with Crippen molar-refractivity contribution in [3.05, 3.63) is 29.3 Å². The highest BCUT2D eigenvalue weighted by molar-refractivity contribution is 5.62. The van der Waals surface area contributed by atoms with E-state index in [1.54, 1.807) is 0 Å². The normalized spacial score (nSPS) is 21.7. The monoisotopic (exact) mass is 246 g/mol. The van der Waals surface area contributed by atoms with Crippen LogP contribution in [-0.2, 0) is 0 Å². The minimum Gasteiger partial charge on any atom is -0.507 e. The highest BCUT2D eigenvalue weighted by Crippen LogP contribution is 2.43. The fraction of sp³-hybridized carbons (Fsp3) is 0.500. The van der Waals surface area contributed by atoms with Crippen molar-refractivity contribution in [1.29, 1.82) is 0 Å². The van der Waals surface area contributed by atoms with E-state index < -0.39 is 0 Å². The molecule has 1 N–H and O–H groups in total. The molecule has 1 aromatic rings. The standard InChI is InChI=1S/C16H22O2/c1-5-6-7-12-8-15-13(9-14(12)17)11(2)10-16(3,4)18-15/h6-9,11,17H,5,10H2,1-4H3. The largest absolute Gasteiger partial charge is 0.507 e. The molecular formula is C16H22O2. The maximum absolute atomic E-state index is 10.0. The van der Waals surface area contributed by atoms with E-state index in [1.807, 2.05) is 24.3 Å². The van der Waals surface area contributed by atoms with Crippen LogP contribution in [0.1, 0.15) is 57.6 Å². The molecule has 1 aromatic carbocycles. The van der Waals surface area contributed by atoms with Crippen molar-refractivity contribution in [3.8, 4) is 11.5 Å². The minimum atomic E-state index is -0.130. The molecule has 98 valence electrons. The number of fused-ring (bicyclic) bond motifs is 1. The Morgan fingerprint density at radius 2 is 2.17 bits per heavy atom. The maximum atomic E-state index is 10.0. The average Bonchev–Trinajstić information content (AvgIpc) is 2.26. The Morgan fingerprint density at radius 3 is 2.83 bits per heavy atom. The first-order valence-electron chi connectivity index (χ1n) is 6.65. The second-order valence-electron chi connectivity index (χ2n) is 5.73. The average molecular weight is 246 g/mol. The first-order valence-corrected chi connectivity index (χ1v) is 6.65. The maximum Gasteiger partial charge on any atom is 0.124 e. The molecule has 0 aliphatic carbocycles. The van der Waals surface area contributed by atoms with Crippen molar-refractivity contribution in [2.75, 3.05) is 0 Å². The third kappa shape index (κ3) is 2.53. The van der Waals surface area contributed by atoms with Gasteiger partial charge < -0.3 is 9.84 Å². The predicted molar refractivity (Wildman–Crippen MR) is 75.2 cm³/mol. The summed E-state index contributed by atoms with van der Waals surface area (Å²) in [5.74, 6) is 1.67. The number of allylic oxidation sites excluding steroid dienone is 1. The quantitative estimate of drug-likeness (QED) is 0.833. The van der Waals surface area contributed by atoms with Gasteiger partial charge in [-0.1, -0.05) is 26.0 Å². The lowest BCUT2D eigenvalue weighted by molar-refractivity contribution is 0.0744. The minimum absolute atomic E-state index is 0.130. The van der Waals surface area contributed by atoms with Gasteiger partial charge in [-0.05, 0) is 44.7 Å². The molecule has 1 aliphatic heterocycles. The summed E-state index contributed by atoms with van der Waals surface area (Å²) in [4.78, 5) is 0. The van der Waals surface area contributed by atoms with Crippen LogP contribution in [0.5, 0.6) is 11.5 Å². The third-order valence-electron chi connectivity index (χ3n) is 3.41. The predicted octanol–water partition coefficient (Wildman–Crippen LogP) is 4.48. The molecule has 18 heavy (non-hydrogen) atoms. The van der Waals surface area contributed by atoms with Crippen LogP contribution in [-0.4, -0.2) is 10.7 Å². The first-order chi connectivity index (χ1) is 8.43. The number of ether oxygens (including phenoxy) is 1. The van der Waals surface area contributed by atoms with Crippen molar-refractivity contribution in [2.45, 2.75) is 52.1 Å². The van der Waals surface area contributed by atoms with E-state index in [2.05, 4.69) is 27.7 Å². The third-order valence-corrected chi connectivity index (χ3v) is 3.41. The number of hydrogen-bond acceptors (Lipinski definition) is 2. The lowest BCUT2D eigenvalue weighted by atomic mass is 9.85. The smallest absolute Gasteiger partial charge is 0.124 e. The molecule has 2 heteroatoms. The van der Waals surface area contributed by atoms with Gasteiger partial charge in [0.15, 0.2) is 0 Å². The van der Waals surface area contributed by atoms with Crippen molar-refractivity contribution in [2.24, 2.45) is 0 Å². The Labute approximate surface area is 109 Å². The molecule has 1 unspecified atom stereocenters. The lowest BCUT2D eigenvalue weighted by Crippen LogP contribution is -2.34. The van der Waals surface area contributed by atoms with Crippen molar-refractivity contribution in [3.63, 3.8) is 0 Å². The van der Waals surface area contributed by atoms with E-state index in [9.17, 15) is 5.11 Å². The van der Waals surface area contributed by atoms with Gasteiger partial charge in [-0.3, -0.25) is 0 Å². The second-order valence-corrected chi connectivity index (χ2v) is 5.73. The summed E-state index contributed by atoms with van der Waals surface area (Å²) in [5, 5.41) is 10.0. The van der Waals surface area contributed by atoms with Crippen LogP contribution >= 0.6 is 0 Å². The number of benzene rings is 1. The van der Waals surface area contributed by atoms with Crippen LogP contribution in [0.3, 0.4) is 0 Å². The second kappa shape index (κ2) is 4.68. The summed E-state index contributed by atoms with van der Waals surface area (Å²) < 4.78 is 6.02. The van der Waals surface area contributed by atoms with E-state index in [0.29, 0.717) is 11.7 Å². The van der Waals surface area contributed by atoms with Crippen molar-refractivity contribution >= 4 is 6.08 Å². The molecule has 1 heterocycles. The summed E-state index contributed by atoms with van der Waals surface area (Å²) >= 11 is 0. The summed E-state index contributed by atoms with van der Waals surface area (Å²) in [5.41, 5.74) is 1.82. The zero-order valence-corrected chi connectivity index (χ0v) is 11.7. The number of phenolic OH excluding ortho intramolecular Hbond substituents is 1.